The normalized spacial score (nSPS) is 17.7. The zero-order chi connectivity index (χ0) is 21.2. The van der Waals surface area contributed by atoms with Crippen LogP contribution in [-0.2, 0) is 4.84 Å². The minimum atomic E-state index is -0.0221. The van der Waals surface area contributed by atoms with E-state index < -0.39 is 0 Å². The maximum atomic E-state index is 13.2. The molecule has 2 aromatic rings. The maximum Gasteiger partial charge on any atom is 0.179 e. The van der Waals surface area contributed by atoms with Crippen LogP contribution in [0.25, 0.3) is 0 Å². The van der Waals surface area contributed by atoms with E-state index in [9.17, 15) is 4.79 Å². The van der Waals surface area contributed by atoms with Gasteiger partial charge in [-0.25, -0.2) is 0 Å². The van der Waals surface area contributed by atoms with E-state index in [1.807, 2.05) is 49.4 Å². The molecule has 1 saturated heterocycles. The van der Waals surface area contributed by atoms with Gasteiger partial charge in [-0.1, -0.05) is 65.7 Å². The molecule has 0 saturated carbocycles. The molecule has 0 aromatic heterocycles. The van der Waals surface area contributed by atoms with Crippen LogP contribution in [0.1, 0.15) is 53.6 Å². The molecule has 1 aliphatic heterocycles. The Kier molecular flexibility index (Phi) is 8.60. The molecule has 3 rings (SSSR count). The predicted molar refractivity (Wildman–Crippen MR) is 122 cm³/mol. The number of benzene rings is 2. The Morgan fingerprint density at radius 1 is 1.13 bits per heavy atom. The number of hydrogen-bond donors (Lipinski definition) is 1. The summed E-state index contributed by atoms with van der Waals surface area (Å²) in [5, 5.41) is 4.33. The Bertz CT molecular complexity index is 835. The van der Waals surface area contributed by atoms with Gasteiger partial charge < -0.3 is 10.6 Å². The molecule has 1 unspecified atom stereocenters. The summed E-state index contributed by atoms with van der Waals surface area (Å²) in [4.78, 5) is 20.9. The van der Waals surface area contributed by atoms with Crippen LogP contribution >= 0.6 is 0 Å². The average Bonchev–Trinajstić information content (AvgIpc) is 2.78. The summed E-state index contributed by atoms with van der Waals surface area (Å²) in [7, 11) is 0. The maximum absolute atomic E-state index is 13.2. The van der Waals surface area contributed by atoms with Crippen LogP contribution in [0, 0.1) is 6.92 Å². The Morgan fingerprint density at radius 2 is 1.93 bits per heavy atom. The largest absolute Gasteiger partial charge is 0.394 e. The SMILES string of the molecule is Cc1cccc(C(=O)C2CCCCN2CCC/C(=N/OCCN)c2ccccc2)c1. The molecule has 0 bridgehead atoms. The summed E-state index contributed by atoms with van der Waals surface area (Å²) >= 11 is 0. The third-order valence-electron chi connectivity index (χ3n) is 5.57. The van der Waals surface area contributed by atoms with E-state index in [2.05, 4.69) is 22.2 Å². The van der Waals surface area contributed by atoms with Crippen molar-refractivity contribution in [2.24, 2.45) is 10.9 Å². The lowest BCUT2D eigenvalue weighted by Crippen LogP contribution is -2.45. The number of carbonyl (C=O) groups excluding carboxylic acids is 1. The standard InChI is InChI=1S/C25H33N3O2/c1-20-9-7-12-22(19-20)25(29)24-14-5-6-16-28(24)17-8-13-23(27-30-18-15-26)21-10-3-2-4-11-21/h2-4,7,9-12,19,24H,5-6,8,13-18,26H2,1H3/b27-23-. The fraction of sp³-hybridized carbons (Fsp3) is 0.440. The number of carbonyl (C=O) groups is 1. The molecule has 1 aliphatic rings. The van der Waals surface area contributed by atoms with Crippen LogP contribution in [0.3, 0.4) is 0 Å². The van der Waals surface area contributed by atoms with Crippen LogP contribution in [0.5, 0.6) is 0 Å². The van der Waals surface area contributed by atoms with Gasteiger partial charge in [0.25, 0.3) is 0 Å². The third-order valence-corrected chi connectivity index (χ3v) is 5.57. The van der Waals surface area contributed by atoms with E-state index in [0.29, 0.717) is 13.2 Å². The topological polar surface area (TPSA) is 67.9 Å². The fourth-order valence-electron chi connectivity index (χ4n) is 4.05. The second kappa shape index (κ2) is 11.6. The number of aryl methyl sites for hydroxylation is 1. The van der Waals surface area contributed by atoms with Crippen molar-refractivity contribution in [1.82, 2.24) is 4.90 Å². The number of rotatable bonds is 10. The first-order chi connectivity index (χ1) is 14.7. The van der Waals surface area contributed by atoms with Crippen LogP contribution < -0.4 is 5.73 Å². The molecular formula is C25H33N3O2. The van der Waals surface area contributed by atoms with E-state index >= 15 is 0 Å². The van der Waals surface area contributed by atoms with Gasteiger partial charge in [0.1, 0.15) is 6.61 Å². The molecule has 5 heteroatoms. The van der Waals surface area contributed by atoms with Gasteiger partial charge >= 0.3 is 0 Å². The van der Waals surface area contributed by atoms with Crippen LogP contribution in [0.4, 0.5) is 0 Å². The molecule has 0 aliphatic carbocycles. The number of likely N-dealkylation sites (tertiary alicyclic amines) is 1. The van der Waals surface area contributed by atoms with Crippen molar-refractivity contribution in [1.29, 1.82) is 0 Å². The van der Waals surface area contributed by atoms with Gasteiger partial charge in [0.2, 0.25) is 0 Å². The highest BCUT2D eigenvalue weighted by Crippen LogP contribution is 2.22. The van der Waals surface area contributed by atoms with Crippen molar-refractivity contribution >= 4 is 11.5 Å². The predicted octanol–water partition coefficient (Wildman–Crippen LogP) is 4.19. The summed E-state index contributed by atoms with van der Waals surface area (Å²) in [6, 6.07) is 18.0. The van der Waals surface area contributed by atoms with E-state index in [1.165, 1.54) is 0 Å². The van der Waals surface area contributed by atoms with Gasteiger partial charge in [-0.05, 0) is 57.3 Å². The monoisotopic (exact) mass is 407 g/mol. The molecule has 1 atom stereocenters. The number of nitrogens with zero attached hydrogens (tertiary/aromatic N) is 2. The summed E-state index contributed by atoms with van der Waals surface area (Å²) in [6.07, 6.45) is 4.93. The summed E-state index contributed by atoms with van der Waals surface area (Å²) < 4.78 is 0. The first kappa shape index (κ1) is 22.2. The number of hydrogen-bond acceptors (Lipinski definition) is 5. The quantitative estimate of drug-likeness (QED) is 0.277. The van der Waals surface area contributed by atoms with Crippen molar-refractivity contribution in [3.8, 4) is 0 Å². The number of nitrogens with two attached hydrogens (primary N) is 1. The summed E-state index contributed by atoms with van der Waals surface area (Å²) in [5.41, 5.74) is 9.48. The summed E-state index contributed by atoms with van der Waals surface area (Å²) in [5.74, 6) is 0.252. The number of ketones is 1. The lowest BCUT2D eigenvalue weighted by Gasteiger charge is -2.34. The molecule has 0 spiro atoms. The van der Waals surface area contributed by atoms with Crippen molar-refractivity contribution in [3.63, 3.8) is 0 Å². The Balaban J connectivity index is 1.63. The molecule has 0 radical (unpaired) electrons. The first-order valence-electron chi connectivity index (χ1n) is 11.0. The van der Waals surface area contributed by atoms with Gasteiger partial charge in [-0.3, -0.25) is 9.69 Å². The highest BCUT2D eigenvalue weighted by molar-refractivity contribution is 6.01. The molecule has 160 valence electrons. The molecule has 0 amide bonds. The number of oxime groups is 1. The fourth-order valence-corrected chi connectivity index (χ4v) is 4.05. The molecule has 2 aromatic carbocycles. The molecule has 30 heavy (non-hydrogen) atoms. The van der Waals surface area contributed by atoms with Crippen molar-refractivity contribution in [2.75, 3.05) is 26.2 Å². The smallest absolute Gasteiger partial charge is 0.179 e. The average molecular weight is 408 g/mol. The summed E-state index contributed by atoms with van der Waals surface area (Å²) in [6.45, 7) is 4.75. The van der Waals surface area contributed by atoms with Gasteiger partial charge in [0.15, 0.2) is 5.78 Å². The van der Waals surface area contributed by atoms with Gasteiger partial charge in [0, 0.05) is 12.1 Å². The Labute approximate surface area is 179 Å². The van der Waals surface area contributed by atoms with Crippen LogP contribution in [0.2, 0.25) is 0 Å². The lowest BCUT2D eigenvalue weighted by atomic mass is 9.93. The molecule has 1 heterocycles. The highest BCUT2D eigenvalue weighted by atomic mass is 16.6. The van der Waals surface area contributed by atoms with Gasteiger partial charge in [0.05, 0.1) is 11.8 Å². The van der Waals surface area contributed by atoms with E-state index in [-0.39, 0.29) is 11.8 Å². The molecular weight excluding hydrogens is 374 g/mol. The zero-order valence-corrected chi connectivity index (χ0v) is 17.9. The van der Waals surface area contributed by atoms with Gasteiger partial charge in [-0.15, -0.1) is 0 Å². The highest BCUT2D eigenvalue weighted by Gasteiger charge is 2.29. The lowest BCUT2D eigenvalue weighted by molar-refractivity contribution is 0.0744. The van der Waals surface area contributed by atoms with Gasteiger partial charge in [-0.2, -0.15) is 0 Å². The van der Waals surface area contributed by atoms with E-state index in [4.69, 9.17) is 10.6 Å². The first-order valence-corrected chi connectivity index (χ1v) is 11.0. The second-order valence-electron chi connectivity index (χ2n) is 7.91. The molecule has 1 fully saturated rings. The number of Topliss-reactive ketones (excluding diaryl/α,β-unsaturated/α-hetero) is 1. The Morgan fingerprint density at radius 3 is 2.70 bits per heavy atom. The number of piperidine rings is 1. The van der Waals surface area contributed by atoms with E-state index in [0.717, 1.165) is 67.6 Å². The van der Waals surface area contributed by atoms with Crippen LogP contribution in [-0.4, -0.2) is 48.7 Å². The molecule has 5 nitrogen and oxygen atoms in total. The minimum Gasteiger partial charge on any atom is -0.394 e. The zero-order valence-electron chi connectivity index (χ0n) is 17.9. The van der Waals surface area contributed by atoms with Crippen molar-refractivity contribution in [3.05, 3.63) is 71.3 Å². The second-order valence-corrected chi connectivity index (χ2v) is 7.91. The third kappa shape index (κ3) is 6.25. The van der Waals surface area contributed by atoms with Crippen LogP contribution in [0.15, 0.2) is 59.8 Å². The molecule has 2 N–H and O–H groups in total. The minimum absolute atomic E-state index is 0.0221. The van der Waals surface area contributed by atoms with E-state index in [1.54, 1.807) is 0 Å². The van der Waals surface area contributed by atoms with Crippen molar-refractivity contribution in [2.45, 2.75) is 45.1 Å². The Hall–Kier alpha value is -2.50. The van der Waals surface area contributed by atoms with Crippen molar-refractivity contribution < 1.29 is 9.63 Å².